The van der Waals surface area contributed by atoms with Gasteiger partial charge >= 0.3 is 0 Å². The number of aromatic nitrogens is 1. The molecule has 3 N–H and O–H groups in total. The molecule has 0 saturated heterocycles. The number of ether oxygens (including phenoxy) is 1. The number of hydrogen-bond acceptors (Lipinski definition) is 4. The van der Waals surface area contributed by atoms with Crippen molar-refractivity contribution >= 4 is 22.7 Å². The van der Waals surface area contributed by atoms with Gasteiger partial charge in [-0.25, -0.2) is 5.84 Å². The average Bonchev–Trinajstić information content (AvgIpc) is 2.99. The monoisotopic (exact) mass is 365 g/mol. The number of nitrogen functional groups attached to an aromatic ring is 1. The van der Waals surface area contributed by atoms with Crippen LogP contribution in [0.5, 0.6) is 5.75 Å². The van der Waals surface area contributed by atoms with E-state index in [2.05, 4.69) is 12.3 Å². The van der Waals surface area contributed by atoms with Crippen molar-refractivity contribution in [3.05, 3.63) is 65.4 Å². The van der Waals surface area contributed by atoms with Crippen molar-refractivity contribution in [1.29, 1.82) is 0 Å². The maximum atomic E-state index is 13.1. The van der Waals surface area contributed by atoms with Crippen LogP contribution >= 0.6 is 0 Å². The molecule has 1 aromatic heterocycles. The highest BCUT2D eigenvalue weighted by Gasteiger charge is 2.23. The van der Waals surface area contributed by atoms with E-state index < -0.39 is 5.91 Å². The Balaban J connectivity index is 1.99. The number of hydrogen-bond donors (Lipinski definition) is 2. The van der Waals surface area contributed by atoms with Gasteiger partial charge in [-0.15, -0.1) is 0 Å². The third kappa shape index (κ3) is 3.57. The molecule has 0 spiro atoms. The Morgan fingerprint density at radius 2 is 1.81 bits per heavy atom. The molecule has 0 radical (unpaired) electrons. The van der Waals surface area contributed by atoms with Crippen LogP contribution < -0.4 is 16.0 Å². The minimum absolute atomic E-state index is 0.208. The Kier molecular flexibility index (Phi) is 5.57. The smallest absolute Gasteiger partial charge is 0.267 e. The van der Waals surface area contributed by atoms with Gasteiger partial charge < -0.3 is 4.74 Å². The lowest BCUT2D eigenvalue weighted by molar-refractivity contribution is 0.0954. The quantitative estimate of drug-likeness (QED) is 0.303. The molecule has 1 heterocycles. The van der Waals surface area contributed by atoms with Crippen LogP contribution in [0.1, 0.15) is 46.2 Å². The number of nitrogens with one attached hydrogen (secondary N) is 1. The molecule has 0 saturated carbocycles. The van der Waals surface area contributed by atoms with Gasteiger partial charge in [0, 0.05) is 16.6 Å². The van der Waals surface area contributed by atoms with E-state index in [1.807, 2.05) is 18.2 Å². The normalized spacial score (nSPS) is 10.8. The predicted molar refractivity (Wildman–Crippen MR) is 105 cm³/mol. The predicted octanol–water partition coefficient (Wildman–Crippen LogP) is 3.42. The summed E-state index contributed by atoms with van der Waals surface area (Å²) < 4.78 is 7.19. The number of nitrogens with two attached hydrogens (primary N) is 1. The van der Waals surface area contributed by atoms with Crippen LogP contribution in [-0.2, 0) is 0 Å². The van der Waals surface area contributed by atoms with Gasteiger partial charge in [-0.05, 0) is 43.7 Å². The third-order valence-corrected chi connectivity index (χ3v) is 4.54. The Morgan fingerprint density at radius 1 is 1.11 bits per heavy atom. The molecule has 0 fully saturated rings. The first-order valence-electron chi connectivity index (χ1n) is 8.97. The van der Waals surface area contributed by atoms with Gasteiger partial charge in [0.2, 0.25) is 0 Å². The number of carbonyl (C=O) groups excluding carboxylic acids is 2. The van der Waals surface area contributed by atoms with Crippen molar-refractivity contribution in [3.63, 3.8) is 0 Å². The maximum absolute atomic E-state index is 13.1. The van der Waals surface area contributed by atoms with E-state index in [-0.39, 0.29) is 5.91 Å². The van der Waals surface area contributed by atoms with Crippen LogP contribution in [0.4, 0.5) is 0 Å². The van der Waals surface area contributed by atoms with Gasteiger partial charge in [-0.2, -0.15) is 0 Å². The zero-order valence-corrected chi connectivity index (χ0v) is 15.5. The second-order valence-electron chi connectivity index (χ2n) is 6.32. The SMILES string of the molecule is CCCCOc1ccc(C(=O)n2c(C)c(C(=O)NN)c3ccccc32)cc1. The molecular formula is C21H23N3O3. The van der Waals surface area contributed by atoms with Crippen molar-refractivity contribution < 1.29 is 14.3 Å². The number of carbonyl (C=O) groups is 2. The molecular weight excluding hydrogens is 342 g/mol. The van der Waals surface area contributed by atoms with Crippen LogP contribution in [0.2, 0.25) is 0 Å². The number of amides is 1. The number of nitrogens with zero attached hydrogens (tertiary/aromatic N) is 1. The van der Waals surface area contributed by atoms with Crippen molar-refractivity contribution in [2.45, 2.75) is 26.7 Å². The zero-order valence-electron chi connectivity index (χ0n) is 15.5. The number of benzene rings is 2. The molecule has 3 rings (SSSR count). The summed E-state index contributed by atoms with van der Waals surface area (Å²) in [6.45, 7) is 4.50. The van der Waals surface area contributed by atoms with E-state index in [0.29, 0.717) is 34.3 Å². The second kappa shape index (κ2) is 8.05. The highest BCUT2D eigenvalue weighted by Crippen LogP contribution is 2.27. The standard InChI is InChI=1S/C21H23N3O3/c1-3-4-13-27-16-11-9-15(10-12-16)21(26)24-14(2)19(20(25)23-22)17-7-5-6-8-18(17)24/h5-12H,3-4,13,22H2,1-2H3,(H,23,25). The molecule has 0 bridgehead atoms. The molecule has 0 unspecified atom stereocenters. The molecule has 140 valence electrons. The first kappa shape index (κ1) is 18.7. The van der Waals surface area contributed by atoms with E-state index in [9.17, 15) is 9.59 Å². The lowest BCUT2D eigenvalue weighted by Crippen LogP contribution is -2.30. The fourth-order valence-corrected chi connectivity index (χ4v) is 3.15. The topological polar surface area (TPSA) is 86.3 Å². The number of hydrazine groups is 1. The summed E-state index contributed by atoms with van der Waals surface area (Å²) in [5.74, 6) is 5.42. The fraction of sp³-hybridized carbons (Fsp3) is 0.238. The first-order valence-corrected chi connectivity index (χ1v) is 8.97. The highest BCUT2D eigenvalue weighted by atomic mass is 16.5. The summed E-state index contributed by atoms with van der Waals surface area (Å²) in [4.78, 5) is 25.3. The minimum atomic E-state index is -0.421. The Morgan fingerprint density at radius 3 is 2.48 bits per heavy atom. The number of rotatable bonds is 6. The Labute approximate surface area is 157 Å². The van der Waals surface area contributed by atoms with Gasteiger partial charge in [0.15, 0.2) is 0 Å². The Hall–Kier alpha value is -3.12. The largest absolute Gasteiger partial charge is 0.494 e. The molecule has 1 amide bonds. The summed E-state index contributed by atoms with van der Waals surface area (Å²) in [6.07, 6.45) is 2.05. The van der Waals surface area contributed by atoms with Crippen molar-refractivity contribution in [2.24, 2.45) is 5.84 Å². The van der Waals surface area contributed by atoms with Gasteiger partial charge in [-0.3, -0.25) is 19.6 Å². The molecule has 27 heavy (non-hydrogen) atoms. The second-order valence-corrected chi connectivity index (χ2v) is 6.32. The summed E-state index contributed by atoms with van der Waals surface area (Å²) in [5.41, 5.74) is 4.29. The zero-order chi connectivity index (χ0) is 19.4. The number of fused-ring (bicyclic) bond motifs is 1. The number of para-hydroxylation sites is 1. The summed E-state index contributed by atoms with van der Waals surface area (Å²) in [5, 5.41) is 0.686. The highest BCUT2D eigenvalue weighted by molar-refractivity contribution is 6.12. The van der Waals surface area contributed by atoms with Crippen LogP contribution in [-0.4, -0.2) is 23.0 Å². The fourth-order valence-electron chi connectivity index (χ4n) is 3.15. The van der Waals surface area contributed by atoms with Crippen LogP contribution in [0.15, 0.2) is 48.5 Å². The molecule has 6 nitrogen and oxygen atoms in total. The lowest BCUT2D eigenvalue weighted by atomic mass is 10.1. The van der Waals surface area contributed by atoms with E-state index in [1.165, 1.54) is 0 Å². The van der Waals surface area contributed by atoms with Crippen LogP contribution in [0.3, 0.4) is 0 Å². The van der Waals surface area contributed by atoms with Crippen LogP contribution in [0, 0.1) is 6.92 Å². The van der Waals surface area contributed by atoms with Gasteiger partial charge in [0.1, 0.15) is 5.75 Å². The Bertz CT molecular complexity index is 974. The van der Waals surface area contributed by atoms with Crippen molar-refractivity contribution in [2.75, 3.05) is 6.61 Å². The van der Waals surface area contributed by atoms with Gasteiger partial charge in [0.05, 0.1) is 17.7 Å². The van der Waals surface area contributed by atoms with E-state index >= 15 is 0 Å². The molecule has 6 heteroatoms. The average molecular weight is 365 g/mol. The van der Waals surface area contributed by atoms with Gasteiger partial charge in [-0.1, -0.05) is 31.5 Å². The minimum Gasteiger partial charge on any atom is -0.494 e. The summed E-state index contributed by atoms with van der Waals surface area (Å²) >= 11 is 0. The summed E-state index contributed by atoms with van der Waals surface area (Å²) in [7, 11) is 0. The summed E-state index contributed by atoms with van der Waals surface area (Å²) in [6, 6.07) is 14.3. The molecule has 3 aromatic rings. The molecule has 0 aliphatic rings. The third-order valence-electron chi connectivity index (χ3n) is 4.54. The lowest BCUT2D eigenvalue weighted by Gasteiger charge is -2.09. The van der Waals surface area contributed by atoms with Crippen molar-refractivity contribution in [3.8, 4) is 5.75 Å². The van der Waals surface area contributed by atoms with E-state index in [4.69, 9.17) is 10.6 Å². The first-order chi connectivity index (χ1) is 13.1. The maximum Gasteiger partial charge on any atom is 0.267 e. The number of unbranched alkanes of at least 4 members (excludes halogenated alkanes) is 1. The molecule has 2 aromatic carbocycles. The molecule has 0 aliphatic carbocycles. The van der Waals surface area contributed by atoms with Crippen molar-refractivity contribution in [1.82, 2.24) is 9.99 Å². The van der Waals surface area contributed by atoms with Gasteiger partial charge in [0.25, 0.3) is 11.8 Å². The molecule has 0 aliphatic heterocycles. The van der Waals surface area contributed by atoms with Crippen LogP contribution in [0.25, 0.3) is 10.9 Å². The molecule has 0 atom stereocenters. The van der Waals surface area contributed by atoms with E-state index in [0.717, 1.165) is 18.6 Å². The van der Waals surface area contributed by atoms with E-state index in [1.54, 1.807) is 41.8 Å².